The Bertz CT molecular complexity index is 262. The molecule has 0 amide bonds. The van der Waals surface area contributed by atoms with Gasteiger partial charge in [0.2, 0.25) is 0 Å². The van der Waals surface area contributed by atoms with Crippen molar-refractivity contribution >= 4 is 0 Å². The van der Waals surface area contributed by atoms with Crippen LogP contribution in [0.4, 0.5) is 0 Å². The predicted molar refractivity (Wildman–Crippen MR) is 76.5 cm³/mol. The Morgan fingerprint density at radius 2 is 1.72 bits per heavy atom. The predicted octanol–water partition coefficient (Wildman–Crippen LogP) is 3.16. The van der Waals surface area contributed by atoms with E-state index in [2.05, 4.69) is 4.90 Å². The van der Waals surface area contributed by atoms with Crippen LogP contribution in [0, 0.1) is 11.3 Å². The van der Waals surface area contributed by atoms with Gasteiger partial charge in [0.15, 0.2) is 0 Å². The smallest absolute Gasteiger partial charge is 0.00965 e. The summed E-state index contributed by atoms with van der Waals surface area (Å²) in [4.78, 5) is 2.81. The molecule has 0 aromatic heterocycles. The zero-order valence-corrected chi connectivity index (χ0v) is 11.9. The van der Waals surface area contributed by atoms with Gasteiger partial charge in [-0.25, -0.2) is 0 Å². The maximum atomic E-state index is 6.11. The van der Waals surface area contributed by atoms with Crippen molar-refractivity contribution in [3.05, 3.63) is 0 Å². The Balaban J connectivity index is 1.50. The third kappa shape index (κ3) is 3.27. The molecule has 0 heterocycles. The summed E-state index contributed by atoms with van der Waals surface area (Å²) in [6.45, 7) is 3.65. The molecule has 0 aromatic rings. The summed E-state index contributed by atoms with van der Waals surface area (Å²) < 4.78 is 0. The largest absolute Gasteiger partial charge is 0.330 e. The molecule has 104 valence electrons. The summed E-state index contributed by atoms with van der Waals surface area (Å²) in [5.74, 6) is 1.05. The maximum absolute atomic E-state index is 6.11. The average molecular weight is 250 g/mol. The zero-order chi connectivity index (χ0) is 12.4. The van der Waals surface area contributed by atoms with E-state index < -0.39 is 0 Å². The van der Waals surface area contributed by atoms with Gasteiger partial charge in [-0.2, -0.15) is 0 Å². The molecule has 3 fully saturated rings. The Labute approximate surface area is 112 Å². The summed E-state index contributed by atoms with van der Waals surface area (Å²) in [6, 6.07) is 0.948. The van der Waals surface area contributed by atoms with Gasteiger partial charge in [0.1, 0.15) is 0 Å². The minimum atomic E-state index is 0.509. The van der Waals surface area contributed by atoms with E-state index in [9.17, 15) is 0 Å². The van der Waals surface area contributed by atoms with Crippen LogP contribution in [0.5, 0.6) is 0 Å². The number of hydrogen-bond acceptors (Lipinski definition) is 2. The van der Waals surface area contributed by atoms with Crippen LogP contribution in [0.2, 0.25) is 0 Å². The first-order chi connectivity index (χ1) is 8.81. The molecule has 0 unspecified atom stereocenters. The van der Waals surface area contributed by atoms with E-state index in [0.29, 0.717) is 5.41 Å². The first kappa shape index (κ1) is 12.9. The lowest BCUT2D eigenvalue weighted by atomic mass is 9.72. The zero-order valence-electron chi connectivity index (χ0n) is 11.9. The van der Waals surface area contributed by atoms with Crippen molar-refractivity contribution < 1.29 is 0 Å². The van der Waals surface area contributed by atoms with E-state index in [0.717, 1.165) is 18.5 Å². The second-order valence-electron chi connectivity index (χ2n) is 7.18. The highest BCUT2D eigenvalue weighted by Crippen LogP contribution is 2.40. The van der Waals surface area contributed by atoms with E-state index in [4.69, 9.17) is 5.73 Å². The Morgan fingerprint density at radius 3 is 2.28 bits per heavy atom. The van der Waals surface area contributed by atoms with Gasteiger partial charge in [-0.05, 0) is 69.4 Å². The highest BCUT2D eigenvalue weighted by molar-refractivity contribution is 4.91. The molecule has 2 N–H and O–H groups in total. The van der Waals surface area contributed by atoms with Gasteiger partial charge in [-0.1, -0.05) is 19.3 Å². The molecule has 0 atom stereocenters. The molecule has 3 saturated carbocycles. The number of rotatable bonds is 7. The molecule has 0 bridgehead atoms. The fraction of sp³-hybridized carbons (Fsp3) is 1.00. The molecule has 0 aliphatic heterocycles. The monoisotopic (exact) mass is 250 g/mol. The van der Waals surface area contributed by atoms with Crippen LogP contribution in [0.3, 0.4) is 0 Å². The lowest BCUT2D eigenvalue weighted by Gasteiger charge is -2.38. The van der Waals surface area contributed by atoms with E-state index in [-0.39, 0.29) is 0 Å². The molecule has 2 heteroatoms. The molecule has 2 nitrogen and oxygen atoms in total. The van der Waals surface area contributed by atoms with Crippen molar-refractivity contribution in [2.24, 2.45) is 17.1 Å². The quantitative estimate of drug-likeness (QED) is 0.752. The van der Waals surface area contributed by atoms with Crippen LogP contribution in [-0.4, -0.2) is 30.6 Å². The van der Waals surface area contributed by atoms with Gasteiger partial charge in [0, 0.05) is 12.6 Å². The third-order valence-corrected chi connectivity index (χ3v) is 5.53. The fourth-order valence-corrected chi connectivity index (χ4v) is 3.73. The molecule has 3 rings (SSSR count). The normalized spacial score (nSPS) is 27.7. The molecule has 3 aliphatic carbocycles. The fourth-order valence-electron chi connectivity index (χ4n) is 3.73. The highest BCUT2D eigenvalue weighted by atomic mass is 15.2. The molecular formula is C16H30N2. The van der Waals surface area contributed by atoms with Gasteiger partial charge in [0.25, 0.3) is 0 Å². The SMILES string of the molecule is NCC1(CCN(CC2CC2)C2CC2)CCCCC1. The van der Waals surface area contributed by atoms with Gasteiger partial charge in [0.05, 0.1) is 0 Å². The van der Waals surface area contributed by atoms with Crippen LogP contribution in [0.1, 0.15) is 64.2 Å². The molecule has 18 heavy (non-hydrogen) atoms. The minimum absolute atomic E-state index is 0.509. The molecule has 0 saturated heterocycles. The van der Waals surface area contributed by atoms with E-state index >= 15 is 0 Å². The minimum Gasteiger partial charge on any atom is -0.330 e. The van der Waals surface area contributed by atoms with Crippen LogP contribution < -0.4 is 5.73 Å². The molecule has 0 aromatic carbocycles. The van der Waals surface area contributed by atoms with Gasteiger partial charge in [-0.3, -0.25) is 0 Å². The highest BCUT2D eigenvalue weighted by Gasteiger charge is 2.36. The molecule has 0 spiro atoms. The van der Waals surface area contributed by atoms with Crippen LogP contribution in [-0.2, 0) is 0 Å². The third-order valence-electron chi connectivity index (χ3n) is 5.53. The van der Waals surface area contributed by atoms with Gasteiger partial charge >= 0.3 is 0 Å². The topological polar surface area (TPSA) is 29.3 Å². The second kappa shape index (κ2) is 5.50. The van der Waals surface area contributed by atoms with E-state index in [1.54, 1.807) is 0 Å². The molecule has 3 aliphatic rings. The first-order valence-corrected chi connectivity index (χ1v) is 8.25. The van der Waals surface area contributed by atoms with Crippen molar-refractivity contribution in [1.29, 1.82) is 0 Å². The number of nitrogens with zero attached hydrogens (tertiary/aromatic N) is 1. The maximum Gasteiger partial charge on any atom is 0.00965 e. The summed E-state index contributed by atoms with van der Waals surface area (Å²) >= 11 is 0. The Hall–Kier alpha value is -0.0800. The summed E-state index contributed by atoms with van der Waals surface area (Å²) in [7, 11) is 0. The van der Waals surface area contributed by atoms with E-state index in [1.165, 1.54) is 77.3 Å². The van der Waals surface area contributed by atoms with Crippen molar-refractivity contribution in [2.75, 3.05) is 19.6 Å². The second-order valence-corrected chi connectivity index (χ2v) is 7.18. The van der Waals surface area contributed by atoms with Crippen LogP contribution in [0.15, 0.2) is 0 Å². The van der Waals surface area contributed by atoms with Gasteiger partial charge < -0.3 is 10.6 Å². The van der Waals surface area contributed by atoms with Crippen molar-refractivity contribution in [2.45, 2.75) is 70.3 Å². The summed E-state index contributed by atoms with van der Waals surface area (Å²) in [5.41, 5.74) is 6.62. The van der Waals surface area contributed by atoms with Crippen molar-refractivity contribution in [3.63, 3.8) is 0 Å². The number of hydrogen-bond donors (Lipinski definition) is 1. The summed E-state index contributed by atoms with van der Waals surface area (Å²) in [6.07, 6.45) is 14.3. The molecular weight excluding hydrogens is 220 g/mol. The standard InChI is InChI=1S/C16H30N2/c17-13-16(8-2-1-3-9-16)10-11-18(15-6-7-15)12-14-4-5-14/h14-15H,1-13,17H2. The van der Waals surface area contributed by atoms with Crippen molar-refractivity contribution in [1.82, 2.24) is 4.90 Å². The number of nitrogens with two attached hydrogens (primary N) is 1. The first-order valence-electron chi connectivity index (χ1n) is 8.25. The molecule has 0 radical (unpaired) electrons. The summed E-state index contributed by atoms with van der Waals surface area (Å²) in [5, 5.41) is 0. The van der Waals surface area contributed by atoms with Gasteiger partial charge in [-0.15, -0.1) is 0 Å². The van der Waals surface area contributed by atoms with Crippen molar-refractivity contribution in [3.8, 4) is 0 Å². The Kier molecular flexibility index (Phi) is 3.95. The van der Waals surface area contributed by atoms with Crippen LogP contribution in [0.25, 0.3) is 0 Å². The van der Waals surface area contributed by atoms with Crippen LogP contribution >= 0.6 is 0 Å². The average Bonchev–Trinajstić information content (AvgIpc) is 3.28. The van der Waals surface area contributed by atoms with E-state index in [1.807, 2.05) is 0 Å². The Morgan fingerprint density at radius 1 is 1.00 bits per heavy atom. The lowest BCUT2D eigenvalue weighted by molar-refractivity contribution is 0.140. The lowest BCUT2D eigenvalue weighted by Crippen LogP contribution is -2.38.